The third-order valence-corrected chi connectivity index (χ3v) is 3.53. The second-order valence-electron chi connectivity index (χ2n) is 5.25. The van der Waals surface area contributed by atoms with Crippen LogP contribution in [-0.4, -0.2) is 25.5 Å². The lowest BCUT2D eigenvalue weighted by Crippen LogP contribution is -2.47. The van der Waals surface area contributed by atoms with Crippen LogP contribution in [0.25, 0.3) is 0 Å². The van der Waals surface area contributed by atoms with Crippen LogP contribution in [0.1, 0.15) is 30.4 Å². The average Bonchev–Trinajstić information content (AvgIpc) is 2.37. The molecule has 1 saturated heterocycles. The van der Waals surface area contributed by atoms with Gasteiger partial charge in [-0.25, -0.2) is 0 Å². The lowest BCUT2D eigenvalue weighted by Gasteiger charge is -2.27. The third-order valence-electron chi connectivity index (χ3n) is 3.53. The highest BCUT2D eigenvalue weighted by atomic mass is 35.5. The van der Waals surface area contributed by atoms with E-state index >= 15 is 0 Å². The maximum Gasteiger partial charge on any atom is 0.243 e. The van der Waals surface area contributed by atoms with Gasteiger partial charge in [0.05, 0.1) is 6.04 Å². The molecule has 0 spiro atoms. The molecule has 4 heteroatoms. The molecule has 1 aromatic carbocycles. The molecule has 1 fully saturated rings. The number of benzene rings is 1. The Hall–Kier alpha value is -1.06. The molecular formula is C15H23ClN2O. The molecule has 0 aromatic heterocycles. The Morgan fingerprint density at radius 3 is 2.37 bits per heavy atom. The Kier molecular flexibility index (Phi) is 5.83. The number of nitrogens with one attached hydrogen (secondary N) is 1. The van der Waals surface area contributed by atoms with Crippen LogP contribution in [0.4, 0.5) is 5.69 Å². The van der Waals surface area contributed by atoms with E-state index in [9.17, 15) is 4.79 Å². The number of piperidine rings is 1. The molecule has 1 heterocycles. The fourth-order valence-corrected chi connectivity index (χ4v) is 2.57. The number of nitrogens with zero attached hydrogens (tertiary/aromatic N) is 1. The molecule has 1 atom stereocenters. The standard InChI is InChI=1S/C15H22N2O.ClH/c1-11-8-12(2)10-13(9-11)17(3)15(18)14-6-4-5-7-16-14;/h8-10,14,16H,4-7H2,1-3H3;1H/t14-;/m1./s1. The smallest absolute Gasteiger partial charge is 0.243 e. The van der Waals surface area contributed by atoms with Crippen LogP contribution in [0.3, 0.4) is 0 Å². The summed E-state index contributed by atoms with van der Waals surface area (Å²) in [4.78, 5) is 14.2. The summed E-state index contributed by atoms with van der Waals surface area (Å²) in [5.74, 6) is 0.180. The fourth-order valence-electron chi connectivity index (χ4n) is 2.57. The second kappa shape index (κ2) is 6.92. The average molecular weight is 283 g/mol. The molecule has 1 N–H and O–H groups in total. The van der Waals surface area contributed by atoms with Crippen molar-refractivity contribution in [3.63, 3.8) is 0 Å². The van der Waals surface area contributed by atoms with Crippen molar-refractivity contribution in [3.05, 3.63) is 29.3 Å². The lowest BCUT2D eigenvalue weighted by molar-refractivity contribution is -0.120. The predicted molar refractivity (Wildman–Crippen MR) is 82.2 cm³/mol. The predicted octanol–water partition coefficient (Wildman–Crippen LogP) is 2.83. The highest BCUT2D eigenvalue weighted by molar-refractivity contribution is 5.96. The van der Waals surface area contributed by atoms with Crippen LogP contribution >= 0.6 is 12.4 Å². The Morgan fingerprint density at radius 2 is 1.84 bits per heavy atom. The van der Waals surface area contributed by atoms with E-state index in [0.717, 1.165) is 25.1 Å². The highest BCUT2D eigenvalue weighted by Crippen LogP contribution is 2.19. The molecule has 0 radical (unpaired) electrons. The summed E-state index contributed by atoms with van der Waals surface area (Å²) < 4.78 is 0. The van der Waals surface area contributed by atoms with Gasteiger partial charge in [-0.1, -0.05) is 12.5 Å². The zero-order valence-corrected chi connectivity index (χ0v) is 12.7. The van der Waals surface area contributed by atoms with Crippen molar-refractivity contribution in [1.29, 1.82) is 0 Å². The number of halogens is 1. The number of anilines is 1. The number of rotatable bonds is 2. The summed E-state index contributed by atoms with van der Waals surface area (Å²) in [7, 11) is 1.87. The molecule has 2 rings (SSSR count). The van der Waals surface area contributed by atoms with Gasteiger partial charge in [-0.05, 0) is 56.5 Å². The maximum atomic E-state index is 12.4. The number of carbonyl (C=O) groups excluding carboxylic acids is 1. The Labute approximate surface area is 121 Å². The van der Waals surface area contributed by atoms with E-state index in [1.807, 2.05) is 7.05 Å². The molecular weight excluding hydrogens is 260 g/mol. The van der Waals surface area contributed by atoms with Gasteiger partial charge in [0.1, 0.15) is 0 Å². The molecule has 1 aliphatic rings. The van der Waals surface area contributed by atoms with E-state index in [0.29, 0.717) is 0 Å². The number of amides is 1. The number of hydrogen-bond acceptors (Lipinski definition) is 2. The first-order valence-corrected chi connectivity index (χ1v) is 6.67. The van der Waals surface area contributed by atoms with E-state index in [1.165, 1.54) is 17.5 Å². The van der Waals surface area contributed by atoms with E-state index in [1.54, 1.807) is 4.90 Å². The highest BCUT2D eigenvalue weighted by Gasteiger charge is 2.24. The molecule has 0 saturated carbocycles. The zero-order valence-electron chi connectivity index (χ0n) is 11.9. The first-order valence-electron chi connectivity index (χ1n) is 6.67. The minimum Gasteiger partial charge on any atom is -0.314 e. The molecule has 1 aliphatic heterocycles. The van der Waals surface area contributed by atoms with Crippen molar-refractivity contribution in [3.8, 4) is 0 Å². The second-order valence-corrected chi connectivity index (χ2v) is 5.25. The van der Waals surface area contributed by atoms with Crippen molar-refractivity contribution < 1.29 is 4.79 Å². The van der Waals surface area contributed by atoms with Crippen LogP contribution in [0.15, 0.2) is 18.2 Å². The Balaban J connectivity index is 0.00000180. The van der Waals surface area contributed by atoms with E-state index in [-0.39, 0.29) is 24.4 Å². The van der Waals surface area contributed by atoms with Gasteiger partial charge in [-0.3, -0.25) is 4.79 Å². The van der Waals surface area contributed by atoms with Gasteiger partial charge in [0.2, 0.25) is 5.91 Å². The van der Waals surface area contributed by atoms with Crippen LogP contribution in [0.2, 0.25) is 0 Å². The van der Waals surface area contributed by atoms with Crippen molar-refractivity contribution in [2.75, 3.05) is 18.5 Å². The van der Waals surface area contributed by atoms with Crippen LogP contribution in [0.5, 0.6) is 0 Å². The topological polar surface area (TPSA) is 32.3 Å². The van der Waals surface area contributed by atoms with E-state index in [2.05, 4.69) is 37.4 Å². The van der Waals surface area contributed by atoms with Crippen molar-refractivity contribution >= 4 is 24.0 Å². The van der Waals surface area contributed by atoms with Crippen LogP contribution in [0, 0.1) is 13.8 Å². The van der Waals surface area contributed by atoms with E-state index in [4.69, 9.17) is 0 Å². The summed E-state index contributed by atoms with van der Waals surface area (Å²) in [5, 5.41) is 3.31. The SMILES string of the molecule is Cc1cc(C)cc(N(C)C(=O)[C@H]2CCCCN2)c1.Cl. The van der Waals surface area contributed by atoms with Crippen molar-refractivity contribution in [2.45, 2.75) is 39.2 Å². The normalized spacial score (nSPS) is 18.6. The monoisotopic (exact) mass is 282 g/mol. The maximum absolute atomic E-state index is 12.4. The minimum atomic E-state index is -0.00966. The van der Waals surface area contributed by atoms with Gasteiger partial charge in [0.15, 0.2) is 0 Å². The zero-order chi connectivity index (χ0) is 13.1. The molecule has 0 unspecified atom stereocenters. The van der Waals surface area contributed by atoms with Gasteiger partial charge < -0.3 is 10.2 Å². The molecule has 106 valence electrons. The molecule has 1 amide bonds. The number of aryl methyl sites for hydroxylation is 2. The largest absolute Gasteiger partial charge is 0.314 e. The van der Waals surface area contributed by atoms with Gasteiger partial charge in [0.25, 0.3) is 0 Å². The van der Waals surface area contributed by atoms with Gasteiger partial charge in [-0.15, -0.1) is 12.4 Å². The first-order chi connectivity index (χ1) is 8.58. The van der Waals surface area contributed by atoms with Crippen LogP contribution in [-0.2, 0) is 4.79 Å². The number of hydrogen-bond donors (Lipinski definition) is 1. The Morgan fingerprint density at radius 1 is 1.21 bits per heavy atom. The minimum absolute atomic E-state index is 0. The summed E-state index contributed by atoms with van der Waals surface area (Å²) >= 11 is 0. The molecule has 0 aliphatic carbocycles. The quantitative estimate of drug-likeness (QED) is 0.905. The number of likely N-dealkylation sites (N-methyl/N-ethyl adjacent to an activating group) is 1. The van der Waals surface area contributed by atoms with Crippen molar-refractivity contribution in [1.82, 2.24) is 5.32 Å². The number of carbonyl (C=O) groups is 1. The van der Waals surface area contributed by atoms with Gasteiger partial charge in [-0.2, -0.15) is 0 Å². The first kappa shape index (κ1) is 16.0. The summed E-state index contributed by atoms with van der Waals surface area (Å²) in [6, 6.07) is 6.24. The van der Waals surface area contributed by atoms with Crippen molar-refractivity contribution in [2.24, 2.45) is 0 Å². The third kappa shape index (κ3) is 3.95. The lowest BCUT2D eigenvalue weighted by atomic mass is 10.0. The summed E-state index contributed by atoms with van der Waals surface area (Å²) in [6.07, 6.45) is 3.27. The van der Waals surface area contributed by atoms with Crippen LogP contribution < -0.4 is 10.2 Å². The van der Waals surface area contributed by atoms with Gasteiger partial charge in [0, 0.05) is 12.7 Å². The molecule has 19 heavy (non-hydrogen) atoms. The summed E-state index contributed by atoms with van der Waals surface area (Å²) in [5.41, 5.74) is 3.38. The molecule has 0 bridgehead atoms. The molecule has 3 nitrogen and oxygen atoms in total. The van der Waals surface area contributed by atoms with Gasteiger partial charge >= 0.3 is 0 Å². The Bertz CT molecular complexity index is 422. The fraction of sp³-hybridized carbons (Fsp3) is 0.533. The van der Waals surface area contributed by atoms with E-state index < -0.39 is 0 Å². The molecule has 1 aromatic rings. The summed E-state index contributed by atoms with van der Waals surface area (Å²) in [6.45, 7) is 5.08.